The highest BCUT2D eigenvalue weighted by Gasteiger charge is 2.08. The first-order chi connectivity index (χ1) is 5.90. The molecule has 0 amide bonds. The Morgan fingerprint density at radius 1 is 1.33 bits per heavy atom. The Kier molecular flexibility index (Phi) is 1.74. The third kappa shape index (κ3) is 1.16. The Labute approximate surface area is 71.9 Å². The maximum atomic E-state index is 5.52. The molecular weight excluding hydrogens is 150 g/mol. The van der Waals surface area contributed by atoms with Crippen LogP contribution in [0.3, 0.4) is 0 Å². The zero-order valence-electron chi connectivity index (χ0n) is 6.71. The van der Waals surface area contributed by atoms with Gasteiger partial charge in [0.2, 0.25) is 0 Å². The second kappa shape index (κ2) is 2.89. The van der Waals surface area contributed by atoms with Gasteiger partial charge in [-0.15, -0.1) is 0 Å². The first-order valence-electron chi connectivity index (χ1n) is 3.92. The third-order valence-corrected chi connectivity index (χ3v) is 1.76. The normalized spacial score (nSPS) is 13.9. The van der Waals surface area contributed by atoms with E-state index in [1.54, 1.807) is 0 Å². The zero-order chi connectivity index (χ0) is 8.39. The lowest BCUT2D eigenvalue weighted by Gasteiger charge is -2.17. The summed E-state index contributed by atoms with van der Waals surface area (Å²) in [7, 11) is 0. The number of hydrogen-bond donors (Lipinski definition) is 1. The van der Waals surface area contributed by atoms with E-state index < -0.39 is 0 Å². The van der Waals surface area contributed by atoms with Gasteiger partial charge in [-0.3, -0.25) is 0 Å². The summed E-state index contributed by atoms with van der Waals surface area (Å²) in [6.07, 6.45) is 2.51. The molecule has 0 atom stereocenters. The molecule has 2 rings (SSSR count). The Bertz CT molecular complexity index is 317. The Morgan fingerprint density at radius 3 is 3.00 bits per heavy atom. The first-order valence-corrected chi connectivity index (χ1v) is 3.92. The predicted octanol–water partition coefficient (Wildman–Crippen LogP) is 2.56. The van der Waals surface area contributed by atoms with Crippen molar-refractivity contribution < 1.29 is 4.74 Å². The summed E-state index contributed by atoms with van der Waals surface area (Å²) in [5, 5.41) is 3.14. The number of hydrogen-bond acceptors (Lipinski definition) is 2. The number of para-hydroxylation sites is 2. The van der Waals surface area contributed by atoms with Crippen molar-refractivity contribution in [3.63, 3.8) is 0 Å². The van der Waals surface area contributed by atoms with Crippen molar-refractivity contribution in [1.29, 1.82) is 0 Å². The highest BCUT2D eigenvalue weighted by molar-refractivity contribution is 5.60. The van der Waals surface area contributed by atoms with E-state index in [4.69, 9.17) is 4.74 Å². The molecule has 0 spiro atoms. The highest BCUT2D eigenvalue weighted by atomic mass is 16.5. The minimum atomic E-state index is 0.668. The Morgan fingerprint density at radius 2 is 2.17 bits per heavy atom. The van der Waals surface area contributed by atoms with Crippen molar-refractivity contribution in [2.24, 2.45) is 0 Å². The second-order valence-electron chi connectivity index (χ2n) is 2.60. The van der Waals surface area contributed by atoms with Crippen LogP contribution in [0.4, 0.5) is 5.69 Å². The molecule has 0 bridgehead atoms. The number of allylic oxidation sites excluding steroid dienone is 1. The van der Waals surface area contributed by atoms with Gasteiger partial charge in [0.15, 0.2) is 0 Å². The lowest BCUT2D eigenvalue weighted by Crippen LogP contribution is -2.05. The van der Waals surface area contributed by atoms with Gasteiger partial charge >= 0.3 is 0 Å². The summed E-state index contributed by atoms with van der Waals surface area (Å²) >= 11 is 0. The van der Waals surface area contributed by atoms with E-state index >= 15 is 0 Å². The van der Waals surface area contributed by atoms with Gasteiger partial charge in [0.25, 0.3) is 0 Å². The van der Waals surface area contributed by atoms with Crippen LogP contribution in [0, 0.1) is 6.92 Å². The number of anilines is 1. The van der Waals surface area contributed by atoms with Crippen molar-refractivity contribution in [3.8, 4) is 5.75 Å². The molecule has 1 aromatic rings. The van der Waals surface area contributed by atoms with Gasteiger partial charge in [-0.05, 0) is 19.1 Å². The largest absolute Gasteiger partial charge is 0.458 e. The van der Waals surface area contributed by atoms with Gasteiger partial charge in [-0.2, -0.15) is 0 Å². The van der Waals surface area contributed by atoms with Crippen molar-refractivity contribution in [3.05, 3.63) is 43.1 Å². The average Bonchev–Trinajstić information content (AvgIpc) is 2.17. The van der Waals surface area contributed by atoms with Crippen LogP contribution in [0.1, 0.15) is 6.42 Å². The summed E-state index contributed by atoms with van der Waals surface area (Å²) in [6, 6.07) is 7.83. The fourth-order valence-corrected chi connectivity index (χ4v) is 1.13. The summed E-state index contributed by atoms with van der Waals surface area (Å²) in [5.74, 6) is 1.74. The Hall–Kier alpha value is -1.44. The quantitative estimate of drug-likeness (QED) is 0.681. The Balaban J connectivity index is 2.31. The molecule has 1 aliphatic heterocycles. The summed E-state index contributed by atoms with van der Waals surface area (Å²) in [5.41, 5.74) is 1.01. The van der Waals surface area contributed by atoms with Crippen molar-refractivity contribution in [1.82, 2.24) is 0 Å². The average molecular weight is 160 g/mol. The molecule has 61 valence electrons. The van der Waals surface area contributed by atoms with Crippen LogP contribution in [-0.2, 0) is 0 Å². The lowest BCUT2D eigenvalue weighted by atomic mass is 10.2. The van der Waals surface area contributed by atoms with Crippen LogP contribution >= 0.6 is 0 Å². The van der Waals surface area contributed by atoms with E-state index in [0.29, 0.717) is 6.42 Å². The zero-order valence-corrected chi connectivity index (χ0v) is 6.71. The van der Waals surface area contributed by atoms with Gasteiger partial charge < -0.3 is 10.1 Å². The molecule has 0 saturated heterocycles. The molecule has 1 N–H and O–H groups in total. The standard InChI is InChI=1S/C10H10NO/c1-2-8-7-11-9-5-3-4-6-10(9)12-8/h3-7,11H,1-2H2. The van der Waals surface area contributed by atoms with Crippen LogP contribution < -0.4 is 10.1 Å². The molecule has 1 aromatic carbocycles. The van der Waals surface area contributed by atoms with Gasteiger partial charge in [-0.1, -0.05) is 12.1 Å². The van der Waals surface area contributed by atoms with Gasteiger partial charge in [-0.25, -0.2) is 0 Å². The molecule has 0 unspecified atom stereocenters. The van der Waals surface area contributed by atoms with Gasteiger partial charge in [0, 0.05) is 12.6 Å². The number of fused-ring (bicyclic) bond motifs is 1. The van der Waals surface area contributed by atoms with Crippen LogP contribution in [0.25, 0.3) is 0 Å². The lowest BCUT2D eigenvalue weighted by molar-refractivity contribution is 0.411. The minimum absolute atomic E-state index is 0.668. The van der Waals surface area contributed by atoms with E-state index in [-0.39, 0.29) is 0 Å². The van der Waals surface area contributed by atoms with Crippen LogP contribution in [0.2, 0.25) is 0 Å². The molecule has 1 heterocycles. The third-order valence-electron chi connectivity index (χ3n) is 1.76. The monoisotopic (exact) mass is 160 g/mol. The molecule has 0 aliphatic carbocycles. The molecule has 1 radical (unpaired) electrons. The van der Waals surface area contributed by atoms with Crippen molar-refractivity contribution in [2.45, 2.75) is 6.42 Å². The fraction of sp³-hybridized carbons (Fsp3) is 0.100. The molecule has 0 saturated carbocycles. The maximum absolute atomic E-state index is 5.52. The predicted molar refractivity (Wildman–Crippen MR) is 48.7 cm³/mol. The molecule has 1 aliphatic rings. The summed E-state index contributed by atoms with van der Waals surface area (Å²) in [4.78, 5) is 0. The summed E-state index contributed by atoms with van der Waals surface area (Å²) < 4.78 is 5.52. The number of nitrogens with one attached hydrogen (secondary N) is 1. The molecule has 2 heteroatoms. The minimum Gasteiger partial charge on any atom is -0.458 e. The van der Waals surface area contributed by atoms with Crippen molar-refractivity contribution >= 4 is 5.69 Å². The SMILES string of the molecule is [CH2]CC1=CNc2ccccc2O1. The molecule has 2 nitrogen and oxygen atoms in total. The fourth-order valence-electron chi connectivity index (χ4n) is 1.13. The first kappa shape index (κ1) is 7.22. The molecular formula is C10H10NO. The molecule has 12 heavy (non-hydrogen) atoms. The van der Waals surface area contributed by atoms with E-state index in [0.717, 1.165) is 17.2 Å². The maximum Gasteiger partial charge on any atom is 0.150 e. The van der Waals surface area contributed by atoms with E-state index in [1.165, 1.54) is 0 Å². The van der Waals surface area contributed by atoms with Gasteiger partial charge in [0.05, 0.1) is 5.69 Å². The molecule has 0 aromatic heterocycles. The topological polar surface area (TPSA) is 21.3 Å². The number of benzene rings is 1. The van der Waals surface area contributed by atoms with Crippen LogP contribution in [0.15, 0.2) is 36.2 Å². The van der Waals surface area contributed by atoms with Crippen molar-refractivity contribution in [2.75, 3.05) is 5.32 Å². The van der Waals surface area contributed by atoms with Crippen LogP contribution in [-0.4, -0.2) is 0 Å². The van der Waals surface area contributed by atoms with Crippen LogP contribution in [0.5, 0.6) is 5.75 Å². The second-order valence-corrected chi connectivity index (χ2v) is 2.60. The van der Waals surface area contributed by atoms with E-state index in [2.05, 4.69) is 12.2 Å². The summed E-state index contributed by atoms with van der Waals surface area (Å²) in [6.45, 7) is 3.75. The van der Waals surface area contributed by atoms with E-state index in [1.807, 2.05) is 30.5 Å². The van der Waals surface area contributed by atoms with Gasteiger partial charge in [0.1, 0.15) is 11.5 Å². The number of rotatable bonds is 1. The smallest absolute Gasteiger partial charge is 0.150 e. The molecule has 0 fully saturated rings. The number of ether oxygens (including phenoxy) is 1. The van der Waals surface area contributed by atoms with E-state index in [9.17, 15) is 0 Å². The highest BCUT2D eigenvalue weighted by Crippen LogP contribution is 2.29.